The highest BCUT2D eigenvalue weighted by Crippen LogP contribution is 2.28. The van der Waals surface area contributed by atoms with Gasteiger partial charge in [-0.05, 0) is 48.6 Å². The number of hydrogen-bond donors (Lipinski definition) is 2. The lowest BCUT2D eigenvalue weighted by molar-refractivity contribution is -0.133. The normalized spacial score (nSPS) is 11.0. The number of fused-ring (bicyclic) bond motifs is 1. The van der Waals surface area contributed by atoms with Crippen LogP contribution in [0.2, 0.25) is 5.02 Å². The summed E-state index contributed by atoms with van der Waals surface area (Å²) in [4.78, 5) is 26.7. The van der Waals surface area contributed by atoms with Crippen molar-refractivity contribution in [2.24, 2.45) is 5.10 Å². The van der Waals surface area contributed by atoms with Crippen LogP contribution in [0.3, 0.4) is 0 Å². The van der Waals surface area contributed by atoms with Crippen molar-refractivity contribution in [3.8, 4) is 11.5 Å². The Morgan fingerprint density at radius 1 is 1.06 bits per heavy atom. The average molecular weight is 482 g/mol. The van der Waals surface area contributed by atoms with Gasteiger partial charge in [0.05, 0.1) is 11.2 Å². The van der Waals surface area contributed by atoms with Crippen LogP contribution in [0.1, 0.15) is 42.6 Å². The van der Waals surface area contributed by atoms with Crippen molar-refractivity contribution >= 4 is 40.4 Å². The summed E-state index contributed by atoms with van der Waals surface area (Å²) in [6, 6.07) is 15.4. The van der Waals surface area contributed by atoms with Crippen molar-refractivity contribution in [3.05, 3.63) is 70.7 Å². The summed E-state index contributed by atoms with van der Waals surface area (Å²) in [5.41, 5.74) is 3.51. The molecule has 3 aromatic carbocycles. The third-order valence-corrected chi connectivity index (χ3v) is 5.49. The molecule has 7 nitrogen and oxygen atoms in total. The summed E-state index contributed by atoms with van der Waals surface area (Å²) in [6.07, 6.45) is 3.35. The Balaban J connectivity index is 1.73. The maximum absolute atomic E-state index is 12.6. The van der Waals surface area contributed by atoms with Gasteiger partial charge in [0, 0.05) is 29.6 Å². The minimum atomic E-state index is -0.454. The maximum Gasteiger partial charge on any atom is 0.271 e. The smallest absolute Gasteiger partial charge is 0.271 e. The summed E-state index contributed by atoms with van der Waals surface area (Å²) in [6.45, 7) is 5.50. The number of halogens is 1. The highest BCUT2D eigenvalue weighted by molar-refractivity contribution is 6.32. The van der Waals surface area contributed by atoms with Crippen molar-refractivity contribution in [1.82, 2.24) is 10.3 Å². The number of carbonyl (C=O) groups excluding carboxylic acids is 2. The number of phenols is 1. The van der Waals surface area contributed by atoms with Gasteiger partial charge in [0.15, 0.2) is 6.61 Å². The van der Waals surface area contributed by atoms with Gasteiger partial charge < -0.3 is 14.7 Å². The number of benzene rings is 3. The Morgan fingerprint density at radius 2 is 1.76 bits per heavy atom. The number of carbonyl (C=O) groups is 2. The van der Waals surface area contributed by atoms with E-state index in [1.807, 2.05) is 49.1 Å². The quantitative estimate of drug-likeness (QED) is 0.315. The second-order valence-corrected chi connectivity index (χ2v) is 8.14. The molecule has 0 aliphatic heterocycles. The van der Waals surface area contributed by atoms with Crippen LogP contribution in [0.15, 0.2) is 59.7 Å². The largest absolute Gasteiger partial charge is 0.506 e. The fraction of sp³-hybridized carbons (Fsp3) is 0.269. The van der Waals surface area contributed by atoms with E-state index in [0.29, 0.717) is 18.8 Å². The Labute approximate surface area is 204 Å². The first-order chi connectivity index (χ1) is 16.4. The van der Waals surface area contributed by atoms with Crippen molar-refractivity contribution in [3.63, 3.8) is 0 Å². The van der Waals surface area contributed by atoms with E-state index in [2.05, 4.69) is 10.5 Å². The number of nitrogens with one attached hydrogen (secondary N) is 1. The average Bonchev–Trinajstić information content (AvgIpc) is 2.84. The molecule has 178 valence electrons. The first-order valence-corrected chi connectivity index (χ1v) is 11.6. The van der Waals surface area contributed by atoms with E-state index in [-0.39, 0.29) is 28.8 Å². The number of rotatable bonds is 10. The zero-order chi connectivity index (χ0) is 24.5. The van der Waals surface area contributed by atoms with Gasteiger partial charge in [-0.15, -0.1) is 0 Å². The van der Waals surface area contributed by atoms with E-state index in [9.17, 15) is 14.7 Å². The van der Waals surface area contributed by atoms with E-state index in [4.69, 9.17) is 16.3 Å². The molecular formula is C26H28ClN3O4. The van der Waals surface area contributed by atoms with Crippen molar-refractivity contribution in [2.75, 3.05) is 19.7 Å². The predicted octanol–water partition coefficient (Wildman–Crippen LogP) is 4.99. The lowest BCUT2D eigenvalue weighted by Crippen LogP contribution is -2.36. The number of aromatic hydroxyl groups is 1. The summed E-state index contributed by atoms with van der Waals surface area (Å²) in [5, 5.41) is 15.3. The molecule has 2 N–H and O–H groups in total. The molecule has 0 aliphatic carbocycles. The van der Waals surface area contributed by atoms with Crippen LogP contribution in [-0.2, 0) is 4.79 Å². The molecule has 0 bridgehead atoms. The number of phenolic OH excluding ortho intramolecular Hbond substituents is 1. The molecule has 0 radical (unpaired) electrons. The van der Waals surface area contributed by atoms with Crippen LogP contribution in [0.4, 0.5) is 0 Å². The first kappa shape index (κ1) is 25.1. The second-order valence-electron chi connectivity index (χ2n) is 7.73. The predicted molar refractivity (Wildman–Crippen MR) is 135 cm³/mol. The Bertz CT molecular complexity index is 1190. The Morgan fingerprint density at radius 3 is 2.44 bits per heavy atom. The van der Waals surface area contributed by atoms with Crippen LogP contribution >= 0.6 is 11.6 Å². The fourth-order valence-corrected chi connectivity index (χ4v) is 3.72. The standard InChI is InChI=1S/C26H28ClN3O4/c1-3-13-30(14-4-2)25(32)17-34-24-12-10-19(20-7-5-6-8-21(20)24)16-28-29-26(33)18-9-11-23(31)22(27)15-18/h5-12,15-16,31H,3-4,13-14,17H2,1-2H3,(H,29,33)/b28-16+. The topological polar surface area (TPSA) is 91.2 Å². The first-order valence-electron chi connectivity index (χ1n) is 11.2. The summed E-state index contributed by atoms with van der Waals surface area (Å²) < 4.78 is 5.89. The number of hydrazone groups is 1. The zero-order valence-corrected chi connectivity index (χ0v) is 20.0. The molecule has 0 unspecified atom stereocenters. The molecule has 0 spiro atoms. The molecule has 2 amide bonds. The molecule has 0 aliphatic rings. The molecule has 3 rings (SSSR count). The molecule has 3 aromatic rings. The highest BCUT2D eigenvalue weighted by atomic mass is 35.5. The third kappa shape index (κ3) is 6.26. The van der Waals surface area contributed by atoms with Crippen molar-refractivity contribution < 1.29 is 19.4 Å². The monoisotopic (exact) mass is 481 g/mol. The third-order valence-electron chi connectivity index (χ3n) is 5.19. The molecular weight excluding hydrogens is 454 g/mol. The minimum absolute atomic E-state index is 0.0251. The van der Waals surface area contributed by atoms with Crippen LogP contribution in [0, 0.1) is 0 Å². The maximum atomic E-state index is 12.6. The summed E-state index contributed by atoms with van der Waals surface area (Å²) >= 11 is 5.86. The fourth-order valence-electron chi connectivity index (χ4n) is 3.54. The number of ether oxygens (including phenoxy) is 1. The van der Waals surface area contributed by atoms with Gasteiger partial charge in [0.2, 0.25) is 0 Å². The molecule has 0 saturated heterocycles. The lowest BCUT2D eigenvalue weighted by Gasteiger charge is -2.21. The van der Waals surface area contributed by atoms with Crippen LogP contribution < -0.4 is 10.2 Å². The molecule has 0 aromatic heterocycles. The van der Waals surface area contributed by atoms with Crippen molar-refractivity contribution in [2.45, 2.75) is 26.7 Å². The highest BCUT2D eigenvalue weighted by Gasteiger charge is 2.14. The molecule has 0 saturated carbocycles. The van der Waals surface area contributed by atoms with E-state index in [0.717, 1.165) is 29.2 Å². The zero-order valence-electron chi connectivity index (χ0n) is 19.3. The number of amides is 2. The van der Waals surface area contributed by atoms with Gasteiger partial charge >= 0.3 is 0 Å². The van der Waals surface area contributed by atoms with Gasteiger partial charge in [0.1, 0.15) is 11.5 Å². The SMILES string of the molecule is CCCN(CCC)C(=O)COc1ccc(/C=N/NC(=O)c2ccc(O)c(Cl)c2)c2ccccc12. The molecule has 0 fully saturated rings. The van der Waals surface area contributed by atoms with Crippen LogP contribution in [-0.4, -0.2) is 47.7 Å². The molecule has 0 atom stereocenters. The van der Waals surface area contributed by atoms with E-state index in [1.165, 1.54) is 18.2 Å². The van der Waals surface area contributed by atoms with Gasteiger partial charge in [-0.2, -0.15) is 5.10 Å². The second kappa shape index (κ2) is 12.0. The molecule has 34 heavy (non-hydrogen) atoms. The van der Waals surface area contributed by atoms with Gasteiger partial charge in [-0.25, -0.2) is 5.43 Å². The summed E-state index contributed by atoms with van der Waals surface area (Å²) in [7, 11) is 0. The van der Waals surface area contributed by atoms with Crippen LogP contribution in [0.25, 0.3) is 10.8 Å². The van der Waals surface area contributed by atoms with E-state index >= 15 is 0 Å². The van der Waals surface area contributed by atoms with Crippen LogP contribution in [0.5, 0.6) is 11.5 Å². The van der Waals surface area contributed by atoms with Gasteiger partial charge in [0.25, 0.3) is 11.8 Å². The molecule has 8 heteroatoms. The Hall–Kier alpha value is -3.58. The number of hydrogen-bond acceptors (Lipinski definition) is 5. The van der Waals surface area contributed by atoms with Gasteiger partial charge in [-0.3, -0.25) is 9.59 Å². The van der Waals surface area contributed by atoms with Gasteiger partial charge in [-0.1, -0.05) is 49.7 Å². The lowest BCUT2D eigenvalue weighted by atomic mass is 10.0. The summed E-state index contributed by atoms with van der Waals surface area (Å²) in [5.74, 6) is 0.0255. The number of nitrogens with zero attached hydrogens (tertiary/aromatic N) is 2. The van der Waals surface area contributed by atoms with E-state index < -0.39 is 5.91 Å². The van der Waals surface area contributed by atoms with Crippen molar-refractivity contribution in [1.29, 1.82) is 0 Å². The Kier molecular flexibility index (Phi) is 8.87. The molecule has 0 heterocycles. The minimum Gasteiger partial charge on any atom is -0.506 e. The van der Waals surface area contributed by atoms with E-state index in [1.54, 1.807) is 12.3 Å².